The van der Waals surface area contributed by atoms with E-state index >= 15 is 0 Å². The van der Waals surface area contributed by atoms with Crippen molar-refractivity contribution >= 4 is 15.9 Å². The lowest BCUT2D eigenvalue weighted by atomic mass is 10.1. The molecule has 0 aromatic heterocycles. The van der Waals surface area contributed by atoms with Crippen LogP contribution in [0.25, 0.3) is 0 Å². The van der Waals surface area contributed by atoms with E-state index in [2.05, 4.69) is 15.9 Å². The molecule has 0 bridgehead atoms. The molecular weight excluding hydrogens is 237 g/mol. The zero-order valence-corrected chi connectivity index (χ0v) is 8.59. The lowest BCUT2D eigenvalue weighted by Crippen LogP contribution is -2.07. The van der Waals surface area contributed by atoms with E-state index in [4.69, 9.17) is 5.73 Å². The quantitative estimate of drug-likeness (QED) is 0.858. The van der Waals surface area contributed by atoms with Gasteiger partial charge < -0.3 is 10.8 Å². The van der Waals surface area contributed by atoms with E-state index in [0.29, 0.717) is 23.0 Å². The summed E-state index contributed by atoms with van der Waals surface area (Å²) in [5, 5.41) is 9.56. The molecule has 4 heteroatoms. The number of rotatable bonds is 3. The Balaban J connectivity index is 2.88. The van der Waals surface area contributed by atoms with Gasteiger partial charge in [-0.25, -0.2) is 4.39 Å². The summed E-state index contributed by atoms with van der Waals surface area (Å²) >= 11 is 3.18. The molecule has 1 unspecified atom stereocenters. The summed E-state index contributed by atoms with van der Waals surface area (Å²) in [5.74, 6) is -0.324. The van der Waals surface area contributed by atoms with E-state index in [0.717, 1.165) is 0 Å². The third-order valence-corrected chi connectivity index (χ3v) is 2.45. The van der Waals surface area contributed by atoms with Crippen LogP contribution in [0.1, 0.15) is 18.1 Å². The fraction of sp³-hybridized carbons (Fsp3) is 0.333. The number of nitrogens with two attached hydrogens (primary N) is 1. The van der Waals surface area contributed by atoms with E-state index in [1.165, 1.54) is 12.1 Å². The largest absolute Gasteiger partial charge is 0.388 e. The number of hydrogen-bond acceptors (Lipinski definition) is 2. The average Bonchev–Trinajstić information content (AvgIpc) is 2.04. The van der Waals surface area contributed by atoms with Gasteiger partial charge in [0.05, 0.1) is 6.10 Å². The van der Waals surface area contributed by atoms with Gasteiger partial charge in [0, 0.05) is 4.47 Å². The van der Waals surface area contributed by atoms with Gasteiger partial charge in [-0.1, -0.05) is 22.0 Å². The molecule has 0 saturated heterocycles. The van der Waals surface area contributed by atoms with Crippen LogP contribution in [-0.4, -0.2) is 11.7 Å². The van der Waals surface area contributed by atoms with Crippen LogP contribution in [0, 0.1) is 5.82 Å². The molecule has 72 valence electrons. The Morgan fingerprint density at radius 3 is 2.77 bits per heavy atom. The van der Waals surface area contributed by atoms with Gasteiger partial charge in [0.25, 0.3) is 0 Å². The van der Waals surface area contributed by atoms with Crippen molar-refractivity contribution in [3.8, 4) is 0 Å². The minimum atomic E-state index is -0.625. The van der Waals surface area contributed by atoms with Gasteiger partial charge in [0.2, 0.25) is 0 Å². The second-order valence-electron chi connectivity index (χ2n) is 2.76. The topological polar surface area (TPSA) is 46.2 Å². The predicted molar refractivity (Wildman–Crippen MR) is 52.7 cm³/mol. The Morgan fingerprint density at radius 1 is 1.54 bits per heavy atom. The Hall–Kier alpha value is -0.450. The summed E-state index contributed by atoms with van der Waals surface area (Å²) in [6, 6.07) is 4.20. The van der Waals surface area contributed by atoms with Gasteiger partial charge in [-0.3, -0.25) is 0 Å². The maximum absolute atomic E-state index is 12.7. The van der Waals surface area contributed by atoms with E-state index in [1.807, 2.05) is 0 Å². The monoisotopic (exact) mass is 247 g/mol. The molecule has 0 aliphatic carbocycles. The molecule has 1 aromatic carbocycles. The minimum Gasteiger partial charge on any atom is -0.388 e. The summed E-state index contributed by atoms with van der Waals surface area (Å²) < 4.78 is 13.2. The lowest BCUT2D eigenvalue weighted by Gasteiger charge is -2.11. The van der Waals surface area contributed by atoms with Crippen molar-refractivity contribution in [2.45, 2.75) is 12.5 Å². The van der Waals surface area contributed by atoms with Crippen molar-refractivity contribution in [3.05, 3.63) is 34.1 Å². The Labute approximate surface area is 84.7 Å². The highest BCUT2D eigenvalue weighted by Gasteiger charge is 2.10. The third-order valence-electron chi connectivity index (χ3n) is 1.76. The summed E-state index contributed by atoms with van der Waals surface area (Å²) in [6.07, 6.45) is -0.149. The Morgan fingerprint density at radius 2 is 2.23 bits per heavy atom. The van der Waals surface area contributed by atoms with E-state index in [9.17, 15) is 9.50 Å². The van der Waals surface area contributed by atoms with Gasteiger partial charge in [0.15, 0.2) is 0 Å². The molecule has 1 atom stereocenters. The van der Waals surface area contributed by atoms with Crippen molar-refractivity contribution < 1.29 is 9.50 Å². The van der Waals surface area contributed by atoms with Crippen LogP contribution >= 0.6 is 15.9 Å². The maximum atomic E-state index is 12.7. The van der Waals surface area contributed by atoms with Crippen LogP contribution in [0.3, 0.4) is 0 Å². The summed E-state index contributed by atoms with van der Waals surface area (Å²) in [5.41, 5.74) is 5.97. The zero-order valence-electron chi connectivity index (χ0n) is 7.00. The lowest BCUT2D eigenvalue weighted by molar-refractivity contribution is 0.169. The molecule has 0 amide bonds. The van der Waals surface area contributed by atoms with Crippen LogP contribution < -0.4 is 5.73 Å². The molecule has 0 fully saturated rings. The number of benzene rings is 1. The number of halogens is 2. The molecule has 3 N–H and O–H groups in total. The van der Waals surface area contributed by atoms with E-state index in [-0.39, 0.29) is 5.82 Å². The van der Waals surface area contributed by atoms with E-state index < -0.39 is 6.10 Å². The normalized spacial score (nSPS) is 12.9. The summed E-state index contributed by atoms with van der Waals surface area (Å²) in [7, 11) is 0. The molecule has 0 radical (unpaired) electrons. The molecule has 0 aliphatic rings. The number of hydrogen-bond donors (Lipinski definition) is 2. The highest BCUT2D eigenvalue weighted by atomic mass is 79.9. The number of aliphatic hydroxyl groups is 1. The van der Waals surface area contributed by atoms with Crippen molar-refractivity contribution in [1.82, 2.24) is 0 Å². The van der Waals surface area contributed by atoms with Crippen molar-refractivity contribution in [2.24, 2.45) is 5.73 Å². The molecule has 0 heterocycles. The molecule has 13 heavy (non-hydrogen) atoms. The Kier molecular flexibility index (Phi) is 3.84. The summed E-state index contributed by atoms with van der Waals surface area (Å²) in [4.78, 5) is 0. The van der Waals surface area contributed by atoms with Crippen LogP contribution in [0.2, 0.25) is 0 Å². The van der Waals surface area contributed by atoms with Gasteiger partial charge >= 0.3 is 0 Å². The summed E-state index contributed by atoms with van der Waals surface area (Å²) in [6.45, 7) is 0.408. The van der Waals surface area contributed by atoms with E-state index in [1.54, 1.807) is 6.07 Å². The first-order chi connectivity index (χ1) is 6.15. The minimum absolute atomic E-state index is 0.324. The highest BCUT2D eigenvalue weighted by Crippen LogP contribution is 2.25. The first-order valence-corrected chi connectivity index (χ1v) is 4.77. The van der Waals surface area contributed by atoms with Gasteiger partial charge in [-0.2, -0.15) is 0 Å². The van der Waals surface area contributed by atoms with Crippen LogP contribution in [0.15, 0.2) is 22.7 Å². The molecule has 0 saturated carbocycles. The van der Waals surface area contributed by atoms with Crippen molar-refractivity contribution in [1.29, 1.82) is 0 Å². The zero-order chi connectivity index (χ0) is 9.84. The fourth-order valence-corrected chi connectivity index (χ4v) is 1.70. The van der Waals surface area contributed by atoms with Crippen LogP contribution in [0.5, 0.6) is 0 Å². The second kappa shape index (κ2) is 4.69. The predicted octanol–water partition coefficient (Wildman–Crippen LogP) is 1.97. The number of aliphatic hydroxyl groups excluding tert-OH is 1. The molecule has 2 nitrogen and oxygen atoms in total. The maximum Gasteiger partial charge on any atom is 0.124 e. The molecule has 1 aromatic rings. The van der Waals surface area contributed by atoms with Crippen molar-refractivity contribution in [3.63, 3.8) is 0 Å². The molecular formula is C9H11BrFNO. The second-order valence-corrected chi connectivity index (χ2v) is 3.61. The SMILES string of the molecule is NCCC(O)c1ccc(F)cc1Br. The first-order valence-electron chi connectivity index (χ1n) is 3.98. The highest BCUT2D eigenvalue weighted by molar-refractivity contribution is 9.10. The Bertz CT molecular complexity index is 293. The van der Waals surface area contributed by atoms with Gasteiger partial charge in [-0.05, 0) is 30.7 Å². The molecule has 0 spiro atoms. The van der Waals surface area contributed by atoms with Crippen molar-refractivity contribution in [2.75, 3.05) is 6.54 Å². The smallest absolute Gasteiger partial charge is 0.124 e. The molecule has 0 aliphatic heterocycles. The average molecular weight is 248 g/mol. The van der Waals surface area contributed by atoms with Gasteiger partial charge in [-0.15, -0.1) is 0 Å². The third kappa shape index (κ3) is 2.76. The van der Waals surface area contributed by atoms with Crippen LogP contribution in [-0.2, 0) is 0 Å². The molecule has 1 rings (SSSR count). The standard InChI is InChI=1S/C9H11BrFNO/c10-8-5-6(11)1-2-7(8)9(13)3-4-12/h1-2,5,9,13H,3-4,12H2. The van der Waals surface area contributed by atoms with Gasteiger partial charge in [0.1, 0.15) is 5.82 Å². The fourth-order valence-electron chi connectivity index (χ4n) is 1.09. The van der Waals surface area contributed by atoms with Crippen LogP contribution in [0.4, 0.5) is 4.39 Å². The first kappa shape index (κ1) is 10.6.